The molecule has 30 heavy (non-hydrogen) atoms. The molecule has 0 heterocycles. The topological polar surface area (TPSA) is 76.7 Å². The molecule has 3 rings (SSSR count). The number of carbonyl (C=O) groups is 2. The Kier molecular flexibility index (Phi) is 6.70. The maximum atomic E-state index is 13.0. The quantitative estimate of drug-likeness (QED) is 0.610. The zero-order valence-electron chi connectivity index (χ0n) is 17.1. The van der Waals surface area contributed by atoms with Crippen molar-refractivity contribution in [3.05, 3.63) is 89.5 Å². The summed E-state index contributed by atoms with van der Waals surface area (Å²) in [6.45, 7) is 1.91. The highest BCUT2D eigenvalue weighted by Gasteiger charge is 2.21. The molecule has 3 aromatic carbocycles. The smallest absolute Gasteiger partial charge is 0.263 e. The van der Waals surface area contributed by atoms with Gasteiger partial charge in [0.25, 0.3) is 11.8 Å². The lowest BCUT2D eigenvalue weighted by atomic mass is 10.1. The highest BCUT2D eigenvalue weighted by Crippen LogP contribution is 2.29. The molecule has 154 valence electrons. The van der Waals surface area contributed by atoms with Gasteiger partial charge in [-0.3, -0.25) is 9.59 Å². The zero-order valence-corrected chi connectivity index (χ0v) is 17.1. The number of amides is 2. The Morgan fingerprint density at radius 3 is 2.00 bits per heavy atom. The van der Waals surface area contributed by atoms with Gasteiger partial charge in [0, 0.05) is 0 Å². The first-order valence-corrected chi connectivity index (χ1v) is 9.52. The molecular weight excluding hydrogens is 380 g/mol. The van der Waals surface area contributed by atoms with E-state index in [1.807, 2.05) is 37.3 Å². The summed E-state index contributed by atoms with van der Waals surface area (Å²) in [5, 5.41) is 5.78. The maximum absolute atomic E-state index is 13.0. The number of hydrogen-bond donors (Lipinski definition) is 2. The molecule has 0 aliphatic carbocycles. The number of rotatable bonds is 7. The fraction of sp³-hybridized carbons (Fsp3) is 0.167. The highest BCUT2D eigenvalue weighted by atomic mass is 16.5. The van der Waals surface area contributed by atoms with Gasteiger partial charge in [0.15, 0.2) is 0 Å². The summed E-state index contributed by atoms with van der Waals surface area (Å²) in [7, 11) is 2.97. The second-order valence-electron chi connectivity index (χ2n) is 6.64. The van der Waals surface area contributed by atoms with Gasteiger partial charge in [-0.1, -0.05) is 48.5 Å². The van der Waals surface area contributed by atoms with Crippen LogP contribution in [0.25, 0.3) is 0 Å². The Labute approximate surface area is 175 Å². The molecule has 0 aliphatic heterocycles. The predicted octanol–water partition coefficient (Wildman–Crippen LogP) is 4.45. The van der Waals surface area contributed by atoms with E-state index in [2.05, 4.69) is 10.6 Å². The molecule has 6 heteroatoms. The van der Waals surface area contributed by atoms with Crippen molar-refractivity contribution in [3.8, 4) is 11.5 Å². The molecule has 3 aromatic rings. The van der Waals surface area contributed by atoms with Gasteiger partial charge in [-0.15, -0.1) is 0 Å². The molecule has 1 atom stereocenters. The van der Waals surface area contributed by atoms with E-state index < -0.39 is 5.91 Å². The fourth-order valence-electron chi connectivity index (χ4n) is 3.15. The third-order valence-corrected chi connectivity index (χ3v) is 4.72. The van der Waals surface area contributed by atoms with Gasteiger partial charge in [0.2, 0.25) is 0 Å². The van der Waals surface area contributed by atoms with E-state index in [1.165, 1.54) is 14.2 Å². The van der Waals surface area contributed by atoms with E-state index in [0.29, 0.717) is 22.7 Å². The van der Waals surface area contributed by atoms with Crippen molar-refractivity contribution in [2.75, 3.05) is 19.5 Å². The van der Waals surface area contributed by atoms with Crippen LogP contribution in [0.15, 0.2) is 72.8 Å². The van der Waals surface area contributed by atoms with Gasteiger partial charge in [0.05, 0.1) is 31.5 Å². The van der Waals surface area contributed by atoms with Crippen molar-refractivity contribution in [2.45, 2.75) is 13.0 Å². The van der Waals surface area contributed by atoms with E-state index in [0.717, 1.165) is 5.56 Å². The van der Waals surface area contributed by atoms with Gasteiger partial charge >= 0.3 is 0 Å². The van der Waals surface area contributed by atoms with Gasteiger partial charge in [-0.25, -0.2) is 0 Å². The summed E-state index contributed by atoms with van der Waals surface area (Å²) in [6, 6.07) is 21.4. The van der Waals surface area contributed by atoms with Gasteiger partial charge in [-0.05, 0) is 36.8 Å². The minimum absolute atomic E-state index is 0.184. The summed E-state index contributed by atoms with van der Waals surface area (Å²) in [4.78, 5) is 25.9. The van der Waals surface area contributed by atoms with Gasteiger partial charge in [0.1, 0.15) is 17.1 Å². The van der Waals surface area contributed by atoms with Crippen LogP contribution in [0.4, 0.5) is 5.69 Å². The molecule has 0 spiro atoms. The number of methoxy groups -OCH3 is 2. The zero-order chi connectivity index (χ0) is 21.5. The second-order valence-corrected chi connectivity index (χ2v) is 6.64. The van der Waals surface area contributed by atoms with Crippen LogP contribution in [0.3, 0.4) is 0 Å². The van der Waals surface area contributed by atoms with Crippen molar-refractivity contribution >= 4 is 17.5 Å². The van der Waals surface area contributed by atoms with Crippen molar-refractivity contribution in [1.82, 2.24) is 5.32 Å². The van der Waals surface area contributed by atoms with Crippen LogP contribution >= 0.6 is 0 Å². The van der Waals surface area contributed by atoms with Crippen molar-refractivity contribution < 1.29 is 19.1 Å². The molecular formula is C24H24N2O4. The number of anilines is 1. The lowest BCUT2D eigenvalue weighted by Crippen LogP contribution is -2.28. The van der Waals surface area contributed by atoms with Crippen LogP contribution < -0.4 is 20.1 Å². The Morgan fingerprint density at radius 2 is 1.37 bits per heavy atom. The average molecular weight is 404 g/mol. The molecule has 2 amide bonds. The van der Waals surface area contributed by atoms with Crippen LogP contribution in [-0.2, 0) is 0 Å². The summed E-state index contributed by atoms with van der Waals surface area (Å²) in [5.74, 6) is 0.0490. The van der Waals surface area contributed by atoms with Crippen molar-refractivity contribution in [3.63, 3.8) is 0 Å². The molecule has 6 nitrogen and oxygen atoms in total. The summed E-state index contributed by atoms with van der Waals surface area (Å²) in [6.07, 6.45) is 0. The first-order chi connectivity index (χ1) is 14.5. The molecule has 0 saturated heterocycles. The van der Waals surface area contributed by atoms with Gasteiger partial charge in [-0.2, -0.15) is 0 Å². The number of hydrogen-bond acceptors (Lipinski definition) is 4. The Bertz CT molecular complexity index is 1010. The van der Waals surface area contributed by atoms with Crippen LogP contribution in [0.5, 0.6) is 11.5 Å². The highest BCUT2D eigenvalue weighted by molar-refractivity contribution is 6.11. The predicted molar refractivity (Wildman–Crippen MR) is 116 cm³/mol. The number of para-hydroxylation sites is 1. The molecule has 0 bridgehead atoms. The second kappa shape index (κ2) is 9.60. The lowest BCUT2D eigenvalue weighted by Gasteiger charge is -2.17. The molecule has 0 fully saturated rings. The third kappa shape index (κ3) is 4.60. The van der Waals surface area contributed by atoms with Crippen LogP contribution in [0.2, 0.25) is 0 Å². The standard InChI is InChI=1S/C24H24N2O4/c1-16(17-10-5-4-6-11-17)25-23(27)18-12-7-8-13-19(18)26-24(28)22-20(29-2)14-9-15-21(22)30-3/h4-16H,1-3H3,(H,25,27)(H,26,28)/t16-/m1/s1. The minimum atomic E-state index is -0.430. The van der Waals surface area contributed by atoms with E-state index in [-0.39, 0.29) is 17.5 Å². The first-order valence-electron chi connectivity index (χ1n) is 9.52. The van der Waals surface area contributed by atoms with E-state index >= 15 is 0 Å². The fourth-order valence-corrected chi connectivity index (χ4v) is 3.15. The maximum Gasteiger partial charge on any atom is 0.263 e. The van der Waals surface area contributed by atoms with E-state index in [4.69, 9.17) is 9.47 Å². The molecule has 0 aliphatic rings. The van der Waals surface area contributed by atoms with Crippen molar-refractivity contribution in [2.24, 2.45) is 0 Å². The molecule has 0 saturated carbocycles. The number of benzene rings is 3. The average Bonchev–Trinajstić information content (AvgIpc) is 2.79. The normalized spacial score (nSPS) is 11.3. The number of nitrogens with one attached hydrogen (secondary N) is 2. The number of carbonyl (C=O) groups excluding carboxylic acids is 2. The van der Waals surface area contributed by atoms with E-state index in [1.54, 1.807) is 42.5 Å². The van der Waals surface area contributed by atoms with Crippen molar-refractivity contribution in [1.29, 1.82) is 0 Å². The molecule has 2 N–H and O–H groups in total. The molecule has 0 unspecified atom stereocenters. The minimum Gasteiger partial charge on any atom is -0.496 e. The largest absolute Gasteiger partial charge is 0.496 e. The summed E-state index contributed by atoms with van der Waals surface area (Å²) in [5.41, 5.74) is 2.01. The third-order valence-electron chi connectivity index (χ3n) is 4.72. The first kappa shape index (κ1) is 20.9. The molecule has 0 radical (unpaired) electrons. The Hall–Kier alpha value is -3.80. The SMILES string of the molecule is COc1cccc(OC)c1C(=O)Nc1ccccc1C(=O)N[C@H](C)c1ccccc1. The van der Waals surface area contributed by atoms with Crippen LogP contribution in [0, 0.1) is 0 Å². The van der Waals surface area contributed by atoms with Crippen LogP contribution in [0.1, 0.15) is 39.2 Å². The monoisotopic (exact) mass is 404 g/mol. The summed E-state index contributed by atoms with van der Waals surface area (Å²) < 4.78 is 10.6. The van der Waals surface area contributed by atoms with Gasteiger partial charge < -0.3 is 20.1 Å². The Balaban J connectivity index is 1.84. The summed E-state index contributed by atoms with van der Waals surface area (Å²) >= 11 is 0. The van der Waals surface area contributed by atoms with E-state index in [9.17, 15) is 9.59 Å². The number of ether oxygens (including phenoxy) is 2. The van der Waals surface area contributed by atoms with Crippen LogP contribution in [-0.4, -0.2) is 26.0 Å². The Morgan fingerprint density at radius 1 is 0.767 bits per heavy atom. The molecule has 0 aromatic heterocycles. The lowest BCUT2D eigenvalue weighted by molar-refractivity contribution is 0.0940.